The molecule has 0 aromatic heterocycles. The second kappa shape index (κ2) is 4.98. The summed E-state index contributed by atoms with van der Waals surface area (Å²) in [7, 11) is 0. The van der Waals surface area contributed by atoms with Gasteiger partial charge < -0.3 is 10.5 Å². The molecule has 0 aliphatic rings. The number of aryl methyl sites for hydroxylation is 1. The molecule has 2 aromatic rings. The van der Waals surface area contributed by atoms with E-state index in [4.69, 9.17) is 22.1 Å². The Bertz CT molecular complexity index is 508. The van der Waals surface area contributed by atoms with Gasteiger partial charge in [-0.25, -0.2) is 0 Å². The van der Waals surface area contributed by atoms with Crippen molar-refractivity contribution in [2.75, 3.05) is 5.73 Å². The van der Waals surface area contributed by atoms with E-state index in [9.17, 15) is 0 Å². The number of benzene rings is 2. The normalized spacial score (nSPS) is 10.3. The molecule has 2 aromatic carbocycles. The highest BCUT2D eigenvalue weighted by atomic mass is 79.9. The van der Waals surface area contributed by atoms with E-state index >= 15 is 0 Å². The molecule has 0 spiro atoms. The number of hydrogen-bond acceptors (Lipinski definition) is 2. The summed E-state index contributed by atoms with van der Waals surface area (Å²) < 4.78 is 6.68. The van der Waals surface area contributed by atoms with Crippen LogP contribution < -0.4 is 10.5 Å². The summed E-state index contributed by atoms with van der Waals surface area (Å²) >= 11 is 9.31. The lowest BCUT2D eigenvalue weighted by molar-refractivity contribution is 0.481. The number of nitrogen functional groups attached to an aromatic ring is 1. The fourth-order valence-corrected chi connectivity index (χ4v) is 1.90. The maximum absolute atomic E-state index is 5.93. The average Bonchev–Trinajstić information content (AvgIpc) is 2.28. The van der Waals surface area contributed by atoms with Gasteiger partial charge in [0.15, 0.2) is 5.75 Å². The van der Waals surface area contributed by atoms with Gasteiger partial charge >= 0.3 is 0 Å². The van der Waals surface area contributed by atoms with Gasteiger partial charge in [0.1, 0.15) is 5.75 Å². The Morgan fingerprint density at radius 1 is 1.12 bits per heavy atom. The molecule has 0 atom stereocenters. The van der Waals surface area contributed by atoms with Crippen molar-refractivity contribution in [3.05, 3.63) is 51.5 Å². The van der Waals surface area contributed by atoms with Crippen molar-refractivity contribution in [1.82, 2.24) is 0 Å². The summed E-state index contributed by atoms with van der Waals surface area (Å²) in [5, 5.41) is 0.638. The van der Waals surface area contributed by atoms with Crippen LogP contribution in [0.2, 0.25) is 5.02 Å². The fraction of sp³-hybridized carbons (Fsp3) is 0.0769. The highest BCUT2D eigenvalue weighted by molar-refractivity contribution is 9.10. The van der Waals surface area contributed by atoms with Crippen LogP contribution in [0.25, 0.3) is 0 Å². The summed E-state index contributed by atoms with van der Waals surface area (Å²) in [5.41, 5.74) is 7.45. The first kappa shape index (κ1) is 12.3. The van der Waals surface area contributed by atoms with E-state index in [1.165, 1.54) is 0 Å². The monoisotopic (exact) mass is 311 g/mol. The van der Waals surface area contributed by atoms with Crippen LogP contribution in [-0.2, 0) is 0 Å². The third kappa shape index (κ3) is 2.93. The molecule has 0 aliphatic carbocycles. The van der Waals surface area contributed by atoms with Crippen molar-refractivity contribution >= 4 is 33.2 Å². The quantitative estimate of drug-likeness (QED) is 0.810. The Labute approximate surface area is 113 Å². The van der Waals surface area contributed by atoms with E-state index in [1.807, 2.05) is 31.2 Å². The molecule has 0 unspecified atom stereocenters. The lowest BCUT2D eigenvalue weighted by Crippen LogP contribution is -1.93. The maximum Gasteiger partial charge on any atom is 0.151 e. The van der Waals surface area contributed by atoms with Crippen molar-refractivity contribution < 1.29 is 4.74 Å². The summed E-state index contributed by atoms with van der Waals surface area (Å²) in [6.45, 7) is 1.96. The maximum atomic E-state index is 5.93. The number of anilines is 1. The molecule has 0 aliphatic heterocycles. The zero-order chi connectivity index (χ0) is 12.4. The third-order valence-corrected chi connectivity index (χ3v) is 3.07. The topological polar surface area (TPSA) is 35.2 Å². The van der Waals surface area contributed by atoms with E-state index in [2.05, 4.69) is 15.9 Å². The molecule has 0 saturated carbocycles. The number of nitrogens with two attached hydrogens (primary N) is 1. The van der Waals surface area contributed by atoms with Gasteiger partial charge in [-0.3, -0.25) is 0 Å². The van der Waals surface area contributed by atoms with Crippen LogP contribution in [0.3, 0.4) is 0 Å². The zero-order valence-electron chi connectivity index (χ0n) is 9.21. The van der Waals surface area contributed by atoms with Crippen LogP contribution in [0, 0.1) is 6.92 Å². The van der Waals surface area contributed by atoms with Crippen molar-refractivity contribution in [2.24, 2.45) is 0 Å². The smallest absolute Gasteiger partial charge is 0.151 e. The number of ether oxygens (including phenoxy) is 1. The van der Waals surface area contributed by atoms with Crippen LogP contribution in [0.4, 0.5) is 5.69 Å². The van der Waals surface area contributed by atoms with Crippen LogP contribution in [0.5, 0.6) is 11.5 Å². The van der Waals surface area contributed by atoms with Gasteiger partial charge in [-0.05, 0) is 42.8 Å². The Kier molecular flexibility index (Phi) is 3.60. The summed E-state index contributed by atoms with van der Waals surface area (Å²) in [4.78, 5) is 0. The van der Waals surface area contributed by atoms with E-state index in [0.29, 0.717) is 22.2 Å². The van der Waals surface area contributed by atoms with Gasteiger partial charge in [0.2, 0.25) is 0 Å². The number of halogens is 2. The molecule has 0 radical (unpaired) electrons. The van der Waals surface area contributed by atoms with Crippen molar-refractivity contribution in [3.8, 4) is 11.5 Å². The van der Waals surface area contributed by atoms with Crippen LogP contribution >= 0.6 is 27.5 Å². The molecule has 0 saturated heterocycles. The Hall–Kier alpha value is -1.19. The summed E-state index contributed by atoms with van der Waals surface area (Å²) in [6, 6.07) is 11.0. The molecule has 0 heterocycles. The minimum Gasteiger partial charge on any atom is -0.455 e. The predicted octanol–water partition coefficient (Wildman–Crippen LogP) is 4.79. The van der Waals surface area contributed by atoms with Gasteiger partial charge in [-0.2, -0.15) is 0 Å². The molecular weight excluding hydrogens is 302 g/mol. The first-order chi connectivity index (χ1) is 8.06. The van der Waals surface area contributed by atoms with Crippen molar-refractivity contribution in [1.29, 1.82) is 0 Å². The lowest BCUT2D eigenvalue weighted by atomic mass is 10.2. The molecule has 2 nitrogen and oxygen atoms in total. The van der Waals surface area contributed by atoms with Crippen LogP contribution in [-0.4, -0.2) is 0 Å². The Balaban J connectivity index is 2.37. The minimum absolute atomic E-state index is 0.590. The van der Waals surface area contributed by atoms with E-state index in [1.54, 1.807) is 12.1 Å². The van der Waals surface area contributed by atoms with Crippen molar-refractivity contribution in [2.45, 2.75) is 6.92 Å². The largest absolute Gasteiger partial charge is 0.455 e. The van der Waals surface area contributed by atoms with Gasteiger partial charge in [0.05, 0.1) is 5.69 Å². The van der Waals surface area contributed by atoms with Gasteiger partial charge in [0, 0.05) is 9.50 Å². The van der Waals surface area contributed by atoms with Crippen molar-refractivity contribution in [3.63, 3.8) is 0 Å². The minimum atomic E-state index is 0.590. The Morgan fingerprint density at radius 2 is 1.88 bits per heavy atom. The molecule has 0 fully saturated rings. The molecule has 2 N–H and O–H groups in total. The van der Waals surface area contributed by atoms with Crippen LogP contribution in [0.1, 0.15) is 5.56 Å². The van der Waals surface area contributed by atoms with E-state index in [-0.39, 0.29) is 0 Å². The molecule has 0 amide bonds. The summed E-state index contributed by atoms with van der Waals surface area (Å²) in [5.74, 6) is 1.33. The standard InChI is InChI=1S/C13H11BrClNO/c1-8-2-4-10(15)7-12(8)17-13-6-9(14)3-5-11(13)16/h2-7H,16H2,1H3. The molecule has 4 heteroatoms. The molecule has 17 heavy (non-hydrogen) atoms. The number of rotatable bonds is 2. The first-order valence-electron chi connectivity index (χ1n) is 5.05. The third-order valence-electron chi connectivity index (χ3n) is 2.35. The second-order valence-electron chi connectivity index (χ2n) is 3.69. The second-order valence-corrected chi connectivity index (χ2v) is 5.05. The zero-order valence-corrected chi connectivity index (χ0v) is 11.5. The van der Waals surface area contributed by atoms with Gasteiger partial charge in [-0.15, -0.1) is 0 Å². The number of hydrogen-bond donors (Lipinski definition) is 1. The first-order valence-corrected chi connectivity index (χ1v) is 6.22. The highest BCUT2D eigenvalue weighted by Gasteiger charge is 2.06. The van der Waals surface area contributed by atoms with E-state index in [0.717, 1.165) is 10.0 Å². The SMILES string of the molecule is Cc1ccc(Cl)cc1Oc1cc(Br)ccc1N. The molecule has 88 valence electrons. The average molecular weight is 313 g/mol. The molecule has 2 rings (SSSR count). The van der Waals surface area contributed by atoms with Gasteiger partial charge in [0.25, 0.3) is 0 Å². The van der Waals surface area contributed by atoms with E-state index < -0.39 is 0 Å². The Morgan fingerprint density at radius 3 is 2.65 bits per heavy atom. The van der Waals surface area contributed by atoms with Gasteiger partial charge in [-0.1, -0.05) is 33.6 Å². The fourth-order valence-electron chi connectivity index (χ4n) is 1.40. The highest BCUT2D eigenvalue weighted by Crippen LogP contribution is 2.33. The summed E-state index contributed by atoms with van der Waals surface area (Å²) in [6.07, 6.45) is 0. The molecule has 0 bridgehead atoms. The lowest BCUT2D eigenvalue weighted by Gasteiger charge is -2.11. The van der Waals surface area contributed by atoms with Crippen LogP contribution in [0.15, 0.2) is 40.9 Å². The predicted molar refractivity (Wildman–Crippen MR) is 74.8 cm³/mol. The molecular formula is C13H11BrClNO.